The molecule has 0 aromatic carbocycles. The van der Waals surface area contributed by atoms with E-state index in [2.05, 4.69) is 14.8 Å². The molecule has 3 aromatic heterocycles. The highest BCUT2D eigenvalue weighted by Crippen LogP contribution is 2.29. The number of furan rings is 1. The molecule has 0 atom stereocenters. The van der Waals surface area contributed by atoms with Crippen LogP contribution in [0.4, 0.5) is 13.2 Å². The number of hydrogen-bond acceptors (Lipinski definition) is 6. The third-order valence-corrected chi connectivity index (χ3v) is 4.65. The third-order valence-electron chi connectivity index (χ3n) is 4.65. The Morgan fingerprint density at radius 2 is 1.90 bits per heavy atom. The Morgan fingerprint density at radius 3 is 2.48 bits per heavy atom. The molecule has 0 spiro atoms. The van der Waals surface area contributed by atoms with Crippen LogP contribution in [0.3, 0.4) is 0 Å². The number of aryl methyl sites for hydroxylation is 1. The first-order chi connectivity index (χ1) is 14.5. The number of amides is 1. The van der Waals surface area contributed by atoms with Gasteiger partial charge in [-0.15, -0.1) is 0 Å². The summed E-state index contributed by atoms with van der Waals surface area (Å²) in [5.74, 6) is -0.00756. The van der Waals surface area contributed by atoms with Crippen molar-refractivity contribution >= 4 is 11.9 Å². The van der Waals surface area contributed by atoms with E-state index >= 15 is 0 Å². The zero-order chi connectivity index (χ0) is 22.9. The van der Waals surface area contributed by atoms with Crippen molar-refractivity contribution in [3.05, 3.63) is 64.5 Å². The number of carbonyl (C=O) groups excluding carboxylic acids is 2. The Kier molecular flexibility index (Phi) is 5.87. The molecule has 0 unspecified atom stereocenters. The van der Waals surface area contributed by atoms with E-state index in [1.54, 1.807) is 20.9 Å². The number of pyridine rings is 1. The number of nitrogens with zero attached hydrogens (tertiary/aromatic N) is 4. The molecule has 0 radical (unpaired) electrons. The molecular formula is C20H19F3N4O4. The quantitative estimate of drug-likeness (QED) is 0.568. The topological polar surface area (TPSA) is 90.5 Å². The molecule has 31 heavy (non-hydrogen) atoms. The minimum atomic E-state index is -4.49. The highest BCUT2D eigenvalue weighted by atomic mass is 19.4. The maximum absolute atomic E-state index is 12.9. The molecule has 8 nitrogen and oxygen atoms in total. The summed E-state index contributed by atoms with van der Waals surface area (Å²) in [6.45, 7) is 3.31. The molecule has 0 bridgehead atoms. The molecular weight excluding hydrogens is 417 g/mol. The van der Waals surface area contributed by atoms with Gasteiger partial charge in [-0.05, 0) is 32.0 Å². The summed E-state index contributed by atoms with van der Waals surface area (Å²) < 4.78 is 49.7. The van der Waals surface area contributed by atoms with E-state index < -0.39 is 17.7 Å². The minimum Gasteiger partial charge on any atom is -0.465 e. The van der Waals surface area contributed by atoms with E-state index in [4.69, 9.17) is 4.42 Å². The van der Waals surface area contributed by atoms with Gasteiger partial charge in [0.05, 0.1) is 36.7 Å². The van der Waals surface area contributed by atoms with Crippen LogP contribution in [0.25, 0.3) is 5.82 Å². The van der Waals surface area contributed by atoms with Gasteiger partial charge in [-0.1, -0.05) is 0 Å². The molecule has 164 valence electrons. The first-order valence-corrected chi connectivity index (χ1v) is 9.04. The van der Waals surface area contributed by atoms with E-state index in [9.17, 15) is 22.8 Å². The van der Waals surface area contributed by atoms with Gasteiger partial charge in [-0.3, -0.25) is 4.79 Å². The number of hydrogen-bond donors (Lipinski definition) is 0. The first-order valence-electron chi connectivity index (χ1n) is 9.04. The molecule has 0 saturated carbocycles. The van der Waals surface area contributed by atoms with E-state index in [1.165, 1.54) is 35.0 Å². The maximum atomic E-state index is 12.9. The van der Waals surface area contributed by atoms with Crippen molar-refractivity contribution in [1.82, 2.24) is 19.7 Å². The number of aromatic nitrogens is 3. The van der Waals surface area contributed by atoms with Gasteiger partial charge < -0.3 is 14.1 Å². The van der Waals surface area contributed by atoms with E-state index in [0.29, 0.717) is 23.4 Å². The predicted molar refractivity (Wildman–Crippen MR) is 102 cm³/mol. The van der Waals surface area contributed by atoms with Crippen LogP contribution in [0.5, 0.6) is 0 Å². The van der Waals surface area contributed by atoms with Gasteiger partial charge in [0.2, 0.25) is 0 Å². The number of ether oxygens (including phenoxy) is 1. The van der Waals surface area contributed by atoms with Crippen molar-refractivity contribution < 1.29 is 31.9 Å². The standard InChI is InChI=1S/C20H19F3N4O4/c1-11-16(9-25-27(11)17-6-5-13(8-24-17)20(21,22)23)18(28)26(3)10-14-7-15(12(2)31-14)19(29)30-4/h5-9H,10H2,1-4H3. The fraction of sp³-hybridized carbons (Fsp3) is 0.300. The van der Waals surface area contributed by atoms with Gasteiger partial charge in [0, 0.05) is 13.2 Å². The van der Waals surface area contributed by atoms with Crippen LogP contribution >= 0.6 is 0 Å². The van der Waals surface area contributed by atoms with Crippen LogP contribution in [0.2, 0.25) is 0 Å². The monoisotopic (exact) mass is 436 g/mol. The van der Waals surface area contributed by atoms with Crippen molar-refractivity contribution in [1.29, 1.82) is 0 Å². The molecule has 11 heteroatoms. The number of esters is 1. The van der Waals surface area contributed by atoms with Gasteiger partial charge >= 0.3 is 12.1 Å². The summed E-state index contributed by atoms with van der Waals surface area (Å²) in [5, 5.41) is 4.08. The fourth-order valence-corrected chi connectivity index (χ4v) is 2.97. The number of carbonyl (C=O) groups is 2. The highest BCUT2D eigenvalue weighted by Gasteiger charge is 2.31. The summed E-state index contributed by atoms with van der Waals surface area (Å²) in [4.78, 5) is 29.7. The molecule has 0 N–H and O–H groups in total. The molecule has 0 aliphatic rings. The Hall–Kier alpha value is -3.63. The minimum absolute atomic E-state index is 0.0832. The van der Waals surface area contributed by atoms with Crippen molar-refractivity contribution in [3.8, 4) is 5.82 Å². The summed E-state index contributed by atoms with van der Waals surface area (Å²) in [5.41, 5.74) is 0.0588. The van der Waals surface area contributed by atoms with E-state index in [-0.39, 0.29) is 29.4 Å². The van der Waals surface area contributed by atoms with Crippen molar-refractivity contribution in [2.24, 2.45) is 0 Å². The van der Waals surface area contributed by atoms with Crippen molar-refractivity contribution in [2.75, 3.05) is 14.2 Å². The Morgan fingerprint density at radius 1 is 1.19 bits per heavy atom. The van der Waals surface area contributed by atoms with Gasteiger partial charge in [0.15, 0.2) is 5.82 Å². The number of methoxy groups -OCH3 is 1. The summed E-state index contributed by atoms with van der Waals surface area (Å²) in [6.07, 6.45) is -2.46. The van der Waals surface area contributed by atoms with Crippen LogP contribution in [-0.2, 0) is 17.5 Å². The molecule has 0 aliphatic heterocycles. The predicted octanol–water partition coefficient (Wildman–Crippen LogP) is 3.55. The lowest BCUT2D eigenvalue weighted by molar-refractivity contribution is -0.137. The average molecular weight is 436 g/mol. The average Bonchev–Trinajstić information content (AvgIpc) is 3.28. The third kappa shape index (κ3) is 4.44. The molecule has 0 fully saturated rings. The number of halogens is 3. The van der Waals surface area contributed by atoms with Gasteiger partial charge in [-0.2, -0.15) is 18.3 Å². The molecule has 3 heterocycles. The molecule has 3 aromatic rings. The van der Waals surface area contributed by atoms with Gasteiger partial charge in [-0.25, -0.2) is 14.5 Å². The highest BCUT2D eigenvalue weighted by molar-refractivity contribution is 5.95. The molecule has 0 saturated heterocycles. The Balaban J connectivity index is 1.79. The fourth-order valence-electron chi connectivity index (χ4n) is 2.97. The lowest BCUT2D eigenvalue weighted by atomic mass is 10.2. The lowest BCUT2D eigenvalue weighted by Gasteiger charge is -2.15. The van der Waals surface area contributed by atoms with Crippen LogP contribution in [-0.4, -0.2) is 45.7 Å². The normalized spacial score (nSPS) is 11.5. The summed E-state index contributed by atoms with van der Waals surface area (Å²) >= 11 is 0. The van der Waals surface area contributed by atoms with E-state index in [1.807, 2.05) is 0 Å². The number of alkyl halides is 3. The Labute approximate surface area is 175 Å². The van der Waals surface area contributed by atoms with Crippen molar-refractivity contribution in [2.45, 2.75) is 26.6 Å². The second-order valence-electron chi connectivity index (χ2n) is 6.79. The zero-order valence-electron chi connectivity index (χ0n) is 17.1. The molecule has 1 amide bonds. The van der Waals surface area contributed by atoms with Gasteiger partial charge in [0.25, 0.3) is 5.91 Å². The lowest BCUT2D eigenvalue weighted by Crippen LogP contribution is -2.26. The zero-order valence-corrected chi connectivity index (χ0v) is 17.1. The number of rotatable bonds is 5. The largest absolute Gasteiger partial charge is 0.465 e. The smallest absolute Gasteiger partial charge is 0.417 e. The molecule has 3 rings (SSSR count). The Bertz CT molecular complexity index is 1120. The SMILES string of the molecule is COC(=O)c1cc(CN(C)C(=O)c2cnn(-c3ccc(C(F)(F)F)cn3)c2C)oc1C. The van der Waals surface area contributed by atoms with E-state index in [0.717, 1.165) is 6.07 Å². The second-order valence-corrected chi connectivity index (χ2v) is 6.79. The first kappa shape index (κ1) is 22.1. The summed E-state index contributed by atoms with van der Waals surface area (Å²) in [6, 6.07) is 3.59. The van der Waals surface area contributed by atoms with Crippen LogP contribution < -0.4 is 0 Å². The molecule has 0 aliphatic carbocycles. The van der Waals surface area contributed by atoms with Crippen LogP contribution in [0.1, 0.15) is 43.5 Å². The van der Waals surface area contributed by atoms with Crippen LogP contribution in [0.15, 0.2) is 35.0 Å². The summed E-state index contributed by atoms with van der Waals surface area (Å²) in [7, 11) is 2.81. The second kappa shape index (κ2) is 8.25. The van der Waals surface area contributed by atoms with Crippen LogP contribution in [0, 0.1) is 13.8 Å². The van der Waals surface area contributed by atoms with Crippen molar-refractivity contribution in [3.63, 3.8) is 0 Å². The maximum Gasteiger partial charge on any atom is 0.417 e. The van der Waals surface area contributed by atoms with Gasteiger partial charge in [0.1, 0.15) is 17.1 Å².